The van der Waals surface area contributed by atoms with Gasteiger partial charge in [-0.2, -0.15) is 0 Å². The number of benzene rings is 2. The van der Waals surface area contributed by atoms with E-state index in [4.69, 9.17) is 0 Å². The minimum Gasteiger partial charge on any atom is -0.324 e. The summed E-state index contributed by atoms with van der Waals surface area (Å²) in [5.74, 6) is 0.146. The number of nitrogens with one attached hydrogen (secondary N) is 2. The summed E-state index contributed by atoms with van der Waals surface area (Å²) in [5.41, 5.74) is 5.37. The molecule has 2 aromatic carbocycles. The maximum atomic E-state index is 12.6. The number of nitrogens with zero attached hydrogens (tertiary/aromatic N) is 2. The zero-order chi connectivity index (χ0) is 18.5. The zero-order valence-electron chi connectivity index (χ0n) is 15.2. The first-order valence-electron chi connectivity index (χ1n) is 8.63. The Balaban J connectivity index is 1.80. The Labute approximate surface area is 153 Å². The van der Waals surface area contributed by atoms with Crippen molar-refractivity contribution in [1.29, 1.82) is 0 Å². The van der Waals surface area contributed by atoms with Crippen molar-refractivity contribution in [2.24, 2.45) is 0 Å². The summed E-state index contributed by atoms with van der Waals surface area (Å²) < 4.78 is 0. The molecular weight excluding hydrogens is 324 g/mol. The van der Waals surface area contributed by atoms with Crippen LogP contribution in [0, 0.1) is 13.8 Å². The van der Waals surface area contributed by atoms with Crippen molar-refractivity contribution in [1.82, 2.24) is 9.97 Å². The molecule has 0 aliphatic rings. The Kier molecular flexibility index (Phi) is 5.27. The molecule has 1 heterocycles. The van der Waals surface area contributed by atoms with Crippen LogP contribution >= 0.6 is 0 Å². The van der Waals surface area contributed by atoms with Crippen LogP contribution in [0.15, 0.2) is 54.7 Å². The second-order valence-electron chi connectivity index (χ2n) is 6.17. The number of aromatic nitrogens is 2. The first kappa shape index (κ1) is 17.6. The predicted molar refractivity (Wildman–Crippen MR) is 105 cm³/mol. The number of amides is 1. The lowest BCUT2D eigenvalue weighted by molar-refractivity contribution is 0.102. The van der Waals surface area contributed by atoms with Crippen LogP contribution in [0.5, 0.6) is 0 Å². The van der Waals surface area contributed by atoms with E-state index in [1.807, 2.05) is 50.2 Å². The van der Waals surface area contributed by atoms with E-state index < -0.39 is 0 Å². The summed E-state index contributed by atoms with van der Waals surface area (Å²) in [7, 11) is 0. The summed E-state index contributed by atoms with van der Waals surface area (Å²) in [6.07, 6.45) is 2.43. The lowest BCUT2D eigenvalue weighted by Gasteiger charge is -2.11. The highest BCUT2D eigenvalue weighted by molar-refractivity contribution is 6.03. The monoisotopic (exact) mass is 346 g/mol. The van der Waals surface area contributed by atoms with Crippen molar-refractivity contribution in [3.05, 3.63) is 77.1 Å². The molecular formula is C21H22N4O. The third-order valence-electron chi connectivity index (χ3n) is 4.17. The highest BCUT2D eigenvalue weighted by Crippen LogP contribution is 2.20. The minimum absolute atomic E-state index is 0.252. The third-order valence-corrected chi connectivity index (χ3v) is 4.17. The van der Waals surface area contributed by atoms with E-state index in [0.717, 1.165) is 34.5 Å². The predicted octanol–water partition coefficient (Wildman–Crippen LogP) is 4.65. The SMILES string of the molecule is CCc1ccccc1NC(=O)c1ccnc(Nc2cc(C)ccc2C)n1. The first-order valence-corrected chi connectivity index (χ1v) is 8.63. The van der Waals surface area contributed by atoms with Crippen LogP contribution in [0.25, 0.3) is 0 Å². The second kappa shape index (κ2) is 7.78. The molecule has 1 aromatic heterocycles. The number of carbonyl (C=O) groups is 1. The van der Waals surface area contributed by atoms with Crippen molar-refractivity contribution < 1.29 is 4.79 Å². The van der Waals surface area contributed by atoms with Crippen molar-refractivity contribution in [3.63, 3.8) is 0 Å². The van der Waals surface area contributed by atoms with Gasteiger partial charge in [0.2, 0.25) is 5.95 Å². The van der Waals surface area contributed by atoms with Crippen LogP contribution in [0.1, 0.15) is 34.1 Å². The van der Waals surface area contributed by atoms with Gasteiger partial charge in [-0.15, -0.1) is 0 Å². The molecule has 5 nitrogen and oxygen atoms in total. The van der Waals surface area contributed by atoms with Crippen molar-refractivity contribution in [2.45, 2.75) is 27.2 Å². The van der Waals surface area contributed by atoms with Crippen LogP contribution < -0.4 is 10.6 Å². The summed E-state index contributed by atoms with van der Waals surface area (Å²) in [6, 6.07) is 15.5. The van der Waals surface area contributed by atoms with Gasteiger partial charge in [0.1, 0.15) is 5.69 Å². The topological polar surface area (TPSA) is 66.9 Å². The van der Waals surface area contributed by atoms with Gasteiger partial charge in [-0.1, -0.05) is 37.3 Å². The molecule has 0 unspecified atom stereocenters. The van der Waals surface area contributed by atoms with Gasteiger partial charge in [0.05, 0.1) is 0 Å². The molecule has 0 radical (unpaired) electrons. The Morgan fingerprint density at radius 2 is 1.85 bits per heavy atom. The maximum absolute atomic E-state index is 12.6. The maximum Gasteiger partial charge on any atom is 0.274 e. The standard InChI is InChI=1S/C21H22N4O/c1-4-16-7-5-6-8-17(16)23-20(26)18-11-12-22-21(24-18)25-19-13-14(2)9-10-15(19)3/h5-13H,4H2,1-3H3,(H,23,26)(H,22,24,25). The van der Waals surface area contributed by atoms with Crippen molar-refractivity contribution in [2.75, 3.05) is 10.6 Å². The summed E-state index contributed by atoms with van der Waals surface area (Å²) in [6.45, 7) is 6.10. The molecule has 0 bridgehead atoms. The molecule has 0 aliphatic carbocycles. The second-order valence-corrected chi connectivity index (χ2v) is 6.17. The molecule has 26 heavy (non-hydrogen) atoms. The zero-order valence-corrected chi connectivity index (χ0v) is 15.2. The molecule has 3 aromatic rings. The molecule has 1 amide bonds. The number of para-hydroxylation sites is 1. The van der Waals surface area contributed by atoms with E-state index in [9.17, 15) is 4.79 Å². The normalized spacial score (nSPS) is 10.4. The molecule has 0 fully saturated rings. The molecule has 2 N–H and O–H groups in total. The molecule has 0 spiro atoms. The van der Waals surface area contributed by atoms with E-state index in [2.05, 4.69) is 33.6 Å². The number of aryl methyl sites for hydroxylation is 3. The Morgan fingerprint density at radius 1 is 1.04 bits per heavy atom. The van der Waals surface area contributed by atoms with Crippen molar-refractivity contribution in [3.8, 4) is 0 Å². The lowest BCUT2D eigenvalue weighted by atomic mass is 10.1. The number of rotatable bonds is 5. The van der Waals surface area contributed by atoms with E-state index >= 15 is 0 Å². The van der Waals surface area contributed by atoms with Crippen LogP contribution in [0.2, 0.25) is 0 Å². The Bertz CT molecular complexity index is 937. The van der Waals surface area contributed by atoms with Gasteiger partial charge >= 0.3 is 0 Å². The highest BCUT2D eigenvalue weighted by atomic mass is 16.1. The summed E-state index contributed by atoms with van der Waals surface area (Å²) in [4.78, 5) is 21.2. The third kappa shape index (κ3) is 4.06. The smallest absolute Gasteiger partial charge is 0.274 e. The van der Waals surface area contributed by atoms with Gasteiger partial charge in [0, 0.05) is 17.6 Å². The quantitative estimate of drug-likeness (QED) is 0.705. The minimum atomic E-state index is -0.252. The lowest BCUT2D eigenvalue weighted by Crippen LogP contribution is -2.15. The van der Waals surface area contributed by atoms with Gasteiger partial charge in [-0.3, -0.25) is 4.79 Å². The Morgan fingerprint density at radius 3 is 2.65 bits per heavy atom. The largest absolute Gasteiger partial charge is 0.324 e. The van der Waals surface area contributed by atoms with E-state index in [-0.39, 0.29) is 5.91 Å². The summed E-state index contributed by atoms with van der Waals surface area (Å²) in [5, 5.41) is 6.12. The first-order chi connectivity index (χ1) is 12.6. The number of hydrogen-bond acceptors (Lipinski definition) is 4. The molecule has 5 heteroatoms. The van der Waals surface area contributed by atoms with Crippen LogP contribution in [-0.2, 0) is 6.42 Å². The van der Waals surface area contributed by atoms with Crippen molar-refractivity contribution >= 4 is 23.2 Å². The van der Waals surface area contributed by atoms with E-state index in [1.54, 1.807) is 12.3 Å². The van der Waals surface area contributed by atoms with Gasteiger partial charge in [0.25, 0.3) is 5.91 Å². The molecule has 0 atom stereocenters. The van der Waals surface area contributed by atoms with Crippen LogP contribution in [-0.4, -0.2) is 15.9 Å². The van der Waals surface area contributed by atoms with E-state index in [0.29, 0.717) is 11.6 Å². The fourth-order valence-corrected chi connectivity index (χ4v) is 2.67. The number of hydrogen-bond donors (Lipinski definition) is 2. The molecule has 0 saturated carbocycles. The average molecular weight is 346 g/mol. The number of carbonyl (C=O) groups excluding carboxylic acids is 1. The van der Waals surface area contributed by atoms with Gasteiger partial charge in [0.15, 0.2) is 0 Å². The van der Waals surface area contributed by atoms with Crippen LogP contribution in [0.4, 0.5) is 17.3 Å². The summed E-state index contributed by atoms with van der Waals surface area (Å²) >= 11 is 0. The fraction of sp³-hybridized carbons (Fsp3) is 0.190. The highest BCUT2D eigenvalue weighted by Gasteiger charge is 2.11. The van der Waals surface area contributed by atoms with Crippen LogP contribution in [0.3, 0.4) is 0 Å². The molecule has 0 saturated heterocycles. The van der Waals surface area contributed by atoms with Gasteiger partial charge < -0.3 is 10.6 Å². The molecule has 3 rings (SSSR count). The molecule has 132 valence electrons. The number of anilines is 3. The molecule has 0 aliphatic heterocycles. The van der Waals surface area contributed by atoms with E-state index in [1.165, 1.54) is 0 Å². The van der Waals surface area contributed by atoms with Gasteiger partial charge in [-0.25, -0.2) is 9.97 Å². The van der Waals surface area contributed by atoms with Gasteiger partial charge in [-0.05, 0) is 55.2 Å². The fourth-order valence-electron chi connectivity index (χ4n) is 2.67. The average Bonchev–Trinajstić information content (AvgIpc) is 2.65. The Hall–Kier alpha value is -3.21.